The summed E-state index contributed by atoms with van der Waals surface area (Å²) in [7, 11) is 0. The summed E-state index contributed by atoms with van der Waals surface area (Å²) in [6.07, 6.45) is 18.5. The van der Waals surface area contributed by atoms with Crippen LogP contribution in [0.15, 0.2) is 18.2 Å². The minimum atomic E-state index is 0.0366. The van der Waals surface area contributed by atoms with Crippen LogP contribution in [0.5, 0.6) is 0 Å². The summed E-state index contributed by atoms with van der Waals surface area (Å²) < 4.78 is 0. The third-order valence-electron chi connectivity index (χ3n) is 9.50. The quantitative estimate of drug-likeness (QED) is 0.110. The SMILES string of the molecule is CCCCC(CC)[C@@H](C(=O)CCCCC(Cc1ccc(CCCCCCCC(C)=O)cc1CC)C(C)=O)C(C)CC. The van der Waals surface area contributed by atoms with Crippen LogP contribution in [0.1, 0.15) is 161 Å². The second-order valence-electron chi connectivity index (χ2n) is 12.9. The van der Waals surface area contributed by atoms with Crippen LogP contribution in [0.3, 0.4) is 0 Å². The smallest absolute Gasteiger partial charge is 0.136 e. The third kappa shape index (κ3) is 14.8. The van der Waals surface area contributed by atoms with Crippen molar-refractivity contribution in [1.29, 1.82) is 0 Å². The summed E-state index contributed by atoms with van der Waals surface area (Å²) in [6.45, 7) is 14.6. The number of ketones is 3. The van der Waals surface area contributed by atoms with Crippen molar-refractivity contribution >= 4 is 17.3 Å². The first-order valence-corrected chi connectivity index (χ1v) is 17.3. The highest BCUT2D eigenvalue weighted by Crippen LogP contribution is 2.32. The molecule has 1 aromatic rings. The maximum Gasteiger partial charge on any atom is 0.136 e. The fraction of sp³-hybridized carbons (Fsp3) is 0.763. The van der Waals surface area contributed by atoms with Gasteiger partial charge in [0.2, 0.25) is 0 Å². The first-order valence-electron chi connectivity index (χ1n) is 17.3. The van der Waals surface area contributed by atoms with Crippen LogP contribution in [0.25, 0.3) is 0 Å². The molecular formula is C38H64O3. The fourth-order valence-electron chi connectivity index (χ4n) is 6.57. The molecule has 0 aliphatic carbocycles. The maximum absolute atomic E-state index is 13.4. The van der Waals surface area contributed by atoms with Crippen molar-refractivity contribution in [2.75, 3.05) is 0 Å². The van der Waals surface area contributed by atoms with E-state index in [4.69, 9.17) is 0 Å². The van der Waals surface area contributed by atoms with Gasteiger partial charge in [0.25, 0.3) is 0 Å². The zero-order valence-corrected chi connectivity index (χ0v) is 28.0. The summed E-state index contributed by atoms with van der Waals surface area (Å²) in [4.78, 5) is 37.1. The van der Waals surface area contributed by atoms with Gasteiger partial charge in [0, 0.05) is 24.7 Å². The van der Waals surface area contributed by atoms with E-state index in [1.807, 2.05) is 0 Å². The Morgan fingerprint density at radius 2 is 1.41 bits per heavy atom. The van der Waals surface area contributed by atoms with Crippen LogP contribution in [-0.4, -0.2) is 17.3 Å². The molecule has 0 N–H and O–H groups in total. The van der Waals surface area contributed by atoms with E-state index in [9.17, 15) is 14.4 Å². The highest BCUT2D eigenvalue weighted by atomic mass is 16.1. The molecule has 234 valence electrons. The lowest BCUT2D eigenvalue weighted by molar-refractivity contribution is -0.126. The number of hydrogen-bond donors (Lipinski definition) is 0. The average molecular weight is 569 g/mol. The number of carbonyl (C=O) groups excluding carboxylic acids is 3. The second kappa shape index (κ2) is 21.9. The Morgan fingerprint density at radius 3 is 2.02 bits per heavy atom. The Labute approximate surface area is 254 Å². The number of Topliss-reactive ketones (excluding diaryl/α,β-unsaturated/α-hetero) is 3. The van der Waals surface area contributed by atoms with Crippen molar-refractivity contribution in [3.8, 4) is 0 Å². The van der Waals surface area contributed by atoms with Gasteiger partial charge >= 0.3 is 0 Å². The molecule has 0 aliphatic heterocycles. The summed E-state index contributed by atoms with van der Waals surface area (Å²) in [5.41, 5.74) is 4.09. The molecule has 41 heavy (non-hydrogen) atoms. The van der Waals surface area contributed by atoms with E-state index < -0.39 is 0 Å². The maximum atomic E-state index is 13.4. The Kier molecular flexibility index (Phi) is 19.9. The summed E-state index contributed by atoms with van der Waals surface area (Å²) in [5, 5.41) is 0. The van der Waals surface area contributed by atoms with Gasteiger partial charge in [-0.25, -0.2) is 0 Å². The Balaban J connectivity index is 2.63. The Bertz CT molecular complexity index is 886. The molecular weight excluding hydrogens is 504 g/mol. The van der Waals surface area contributed by atoms with Crippen LogP contribution in [-0.2, 0) is 33.6 Å². The molecule has 0 heterocycles. The lowest BCUT2D eigenvalue weighted by atomic mass is 9.74. The highest BCUT2D eigenvalue weighted by molar-refractivity contribution is 5.81. The molecule has 3 heteroatoms. The molecule has 1 rings (SSSR count). The van der Waals surface area contributed by atoms with Crippen molar-refractivity contribution in [3.05, 3.63) is 34.9 Å². The van der Waals surface area contributed by atoms with Gasteiger partial charge in [-0.15, -0.1) is 0 Å². The van der Waals surface area contributed by atoms with Crippen molar-refractivity contribution in [1.82, 2.24) is 0 Å². The van der Waals surface area contributed by atoms with Gasteiger partial charge in [-0.3, -0.25) is 9.59 Å². The lowest BCUT2D eigenvalue weighted by Gasteiger charge is -2.30. The lowest BCUT2D eigenvalue weighted by Crippen LogP contribution is -2.29. The molecule has 0 saturated carbocycles. The normalized spacial score (nSPS) is 14.4. The zero-order valence-electron chi connectivity index (χ0n) is 28.0. The largest absolute Gasteiger partial charge is 0.300 e. The average Bonchev–Trinajstić information content (AvgIpc) is 2.95. The number of rotatable bonds is 25. The minimum absolute atomic E-state index is 0.0366. The molecule has 3 unspecified atom stereocenters. The summed E-state index contributed by atoms with van der Waals surface area (Å²) in [6, 6.07) is 6.88. The monoisotopic (exact) mass is 568 g/mol. The van der Waals surface area contributed by atoms with Crippen LogP contribution in [0.2, 0.25) is 0 Å². The topological polar surface area (TPSA) is 51.2 Å². The molecule has 0 aliphatic rings. The van der Waals surface area contributed by atoms with Crippen LogP contribution >= 0.6 is 0 Å². The molecule has 0 spiro atoms. The predicted octanol–water partition coefficient (Wildman–Crippen LogP) is 10.5. The molecule has 4 atom stereocenters. The highest BCUT2D eigenvalue weighted by Gasteiger charge is 2.30. The van der Waals surface area contributed by atoms with Crippen LogP contribution < -0.4 is 0 Å². The first kappa shape index (κ1) is 37.3. The summed E-state index contributed by atoms with van der Waals surface area (Å²) >= 11 is 0. The molecule has 0 saturated heterocycles. The van der Waals surface area contributed by atoms with Gasteiger partial charge in [-0.1, -0.05) is 104 Å². The van der Waals surface area contributed by atoms with Crippen LogP contribution in [0, 0.1) is 23.7 Å². The van der Waals surface area contributed by atoms with Gasteiger partial charge in [-0.05, 0) is 93.7 Å². The second-order valence-corrected chi connectivity index (χ2v) is 12.9. The number of aryl methyl sites for hydroxylation is 2. The van der Waals surface area contributed by atoms with E-state index in [2.05, 4.69) is 52.8 Å². The summed E-state index contributed by atoms with van der Waals surface area (Å²) in [5.74, 6) is 2.22. The standard InChI is InChI=1S/C38H64O3/c1-8-12-22-33(10-3)38(29(5)9-2)37(41)24-19-18-23-35(31(7)40)28-36-26-25-32(27-34(36)11-4)21-17-15-13-14-16-20-30(6)39/h25-27,29,33,35,38H,8-24,28H2,1-7H3/t29?,33?,35?,38-/m0/s1. The van der Waals surface area contributed by atoms with E-state index in [0.29, 0.717) is 29.8 Å². The molecule has 0 radical (unpaired) electrons. The van der Waals surface area contributed by atoms with E-state index in [0.717, 1.165) is 70.6 Å². The Hall–Kier alpha value is -1.77. The van der Waals surface area contributed by atoms with Crippen molar-refractivity contribution in [2.45, 2.75) is 164 Å². The van der Waals surface area contributed by atoms with E-state index >= 15 is 0 Å². The van der Waals surface area contributed by atoms with Crippen LogP contribution in [0.4, 0.5) is 0 Å². The van der Waals surface area contributed by atoms with Crippen molar-refractivity contribution in [3.63, 3.8) is 0 Å². The van der Waals surface area contributed by atoms with Gasteiger partial charge in [-0.2, -0.15) is 0 Å². The van der Waals surface area contributed by atoms with Gasteiger partial charge in [0.05, 0.1) is 0 Å². The predicted molar refractivity (Wildman–Crippen MR) is 176 cm³/mol. The number of carbonyl (C=O) groups is 3. The van der Waals surface area contributed by atoms with E-state index in [1.165, 1.54) is 55.2 Å². The molecule has 0 amide bonds. The third-order valence-corrected chi connectivity index (χ3v) is 9.50. The fourth-order valence-corrected chi connectivity index (χ4v) is 6.57. The van der Waals surface area contributed by atoms with Crippen molar-refractivity contribution in [2.24, 2.45) is 23.7 Å². The Morgan fingerprint density at radius 1 is 0.732 bits per heavy atom. The molecule has 0 aromatic heterocycles. The molecule has 0 fully saturated rings. The number of unbranched alkanes of at least 4 members (excludes halogenated alkanes) is 6. The van der Waals surface area contributed by atoms with Crippen molar-refractivity contribution < 1.29 is 14.4 Å². The molecule has 0 bridgehead atoms. The van der Waals surface area contributed by atoms with E-state index in [1.54, 1.807) is 13.8 Å². The van der Waals surface area contributed by atoms with Gasteiger partial charge in [0.1, 0.15) is 17.3 Å². The van der Waals surface area contributed by atoms with Gasteiger partial charge < -0.3 is 4.79 Å². The van der Waals surface area contributed by atoms with Gasteiger partial charge in [0.15, 0.2) is 0 Å². The number of benzene rings is 1. The molecule has 1 aromatic carbocycles. The zero-order chi connectivity index (χ0) is 30.6. The van der Waals surface area contributed by atoms with E-state index in [-0.39, 0.29) is 17.6 Å². The first-order chi connectivity index (χ1) is 19.7. The molecule has 3 nitrogen and oxygen atoms in total. The number of hydrogen-bond acceptors (Lipinski definition) is 3. The minimum Gasteiger partial charge on any atom is -0.300 e.